The molecule has 3 rings (SSSR count). The molecule has 0 atom stereocenters. The Hall–Kier alpha value is -2.27. The van der Waals surface area contributed by atoms with Gasteiger partial charge < -0.3 is 15.0 Å². The molecule has 0 bridgehead atoms. The number of nitrogens with zero attached hydrogens (tertiary/aromatic N) is 1. The molecule has 0 fully saturated rings. The SMILES string of the molecule is O=C(CN1CCOc2ccccc21)Nc1ccc(F)c(Cl)c1. The molecule has 1 aliphatic heterocycles. The van der Waals surface area contributed by atoms with Gasteiger partial charge in [-0.3, -0.25) is 4.79 Å². The maximum absolute atomic E-state index is 13.1. The second kappa shape index (κ2) is 6.23. The van der Waals surface area contributed by atoms with Crippen molar-refractivity contribution in [2.45, 2.75) is 0 Å². The minimum atomic E-state index is -0.512. The van der Waals surface area contributed by atoms with Crippen molar-refractivity contribution in [1.82, 2.24) is 0 Å². The molecule has 2 aromatic carbocycles. The molecule has 1 heterocycles. The summed E-state index contributed by atoms with van der Waals surface area (Å²) in [5, 5.41) is 2.70. The fourth-order valence-corrected chi connectivity index (χ4v) is 2.52. The van der Waals surface area contributed by atoms with E-state index in [1.807, 2.05) is 29.2 Å². The Labute approximate surface area is 132 Å². The van der Waals surface area contributed by atoms with Gasteiger partial charge in [-0.1, -0.05) is 23.7 Å². The number of nitrogens with one attached hydrogen (secondary N) is 1. The van der Waals surface area contributed by atoms with E-state index in [-0.39, 0.29) is 17.5 Å². The number of fused-ring (bicyclic) bond motifs is 1. The molecule has 4 nitrogen and oxygen atoms in total. The van der Waals surface area contributed by atoms with Crippen LogP contribution in [0.25, 0.3) is 0 Å². The summed E-state index contributed by atoms with van der Waals surface area (Å²) in [6.45, 7) is 1.36. The fourth-order valence-electron chi connectivity index (χ4n) is 2.34. The molecule has 114 valence electrons. The van der Waals surface area contributed by atoms with E-state index in [4.69, 9.17) is 16.3 Å². The Morgan fingerprint density at radius 2 is 2.14 bits per heavy atom. The number of halogens is 2. The summed E-state index contributed by atoms with van der Waals surface area (Å²) in [4.78, 5) is 14.1. The maximum atomic E-state index is 13.1. The summed E-state index contributed by atoms with van der Waals surface area (Å²) < 4.78 is 18.7. The molecule has 1 N–H and O–H groups in total. The van der Waals surface area contributed by atoms with Gasteiger partial charge in [0.25, 0.3) is 0 Å². The van der Waals surface area contributed by atoms with Crippen molar-refractivity contribution in [1.29, 1.82) is 0 Å². The first-order valence-corrected chi connectivity index (χ1v) is 7.23. The number of hydrogen-bond acceptors (Lipinski definition) is 3. The molecule has 1 aliphatic rings. The number of benzene rings is 2. The third-order valence-corrected chi connectivity index (χ3v) is 3.65. The fraction of sp³-hybridized carbons (Fsp3) is 0.188. The number of hydrogen-bond donors (Lipinski definition) is 1. The van der Waals surface area contributed by atoms with E-state index in [0.717, 1.165) is 11.4 Å². The van der Waals surface area contributed by atoms with Gasteiger partial charge in [0.15, 0.2) is 0 Å². The second-order valence-electron chi connectivity index (χ2n) is 4.91. The normalized spacial score (nSPS) is 13.3. The van der Waals surface area contributed by atoms with E-state index in [1.165, 1.54) is 18.2 Å². The number of para-hydroxylation sites is 2. The lowest BCUT2D eigenvalue weighted by Gasteiger charge is -2.30. The summed E-state index contributed by atoms with van der Waals surface area (Å²) in [6.07, 6.45) is 0. The Morgan fingerprint density at radius 1 is 1.32 bits per heavy atom. The number of anilines is 2. The average Bonchev–Trinajstić information content (AvgIpc) is 2.51. The van der Waals surface area contributed by atoms with E-state index in [0.29, 0.717) is 18.8 Å². The average molecular weight is 321 g/mol. The van der Waals surface area contributed by atoms with Gasteiger partial charge in [-0.2, -0.15) is 0 Å². The van der Waals surface area contributed by atoms with Crippen LogP contribution < -0.4 is 15.0 Å². The van der Waals surface area contributed by atoms with Crippen LogP contribution in [0.1, 0.15) is 0 Å². The van der Waals surface area contributed by atoms with Crippen LogP contribution in [-0.4, -0.2) is 25.6 Å². The smallest absolute Gasteiger partial charge is 0.243 e. The Morgan fingerprint density at radius 3 is 2.95 bits per heavy atom. The van der Waals surface area contributed by atoms with Crippen LogP contribution in [0.5, 0.6) is 5.75 Å². The number of carbonyl (C=O) groups excluding carboxylic acids is 1. The van der Waals surface area contributed by atoms with E-state index >= 15 is 0 Å². The van der Waals surface area contributed by atoms with Crippen molar-refractivity contribution < 1.29 is 13.9 Å². The Kier molecular flexibility index (Phi) is 4.15. The van der Waals surface area contributed by atoms with Gasteiger partial charge >= 0.3 is 0 Å². The number of rotatable bonds is 3. The van der Waals surface area contributed by atoms with Crippen LogP contribution in [0.4, 0.5) is 15.8 Å². The predicted octanol–water partition coefficient (Wildman–Crippen LogP) is 3.32. The number of amides is 1. The third-order valence-electron chi connectivity index (χ3n) is 3.36. The van der Waals surface area contributed by atoms with Crippen LogP contribution in [-0.2, 0) is 4.79 Å². The van der Waals surface area contributed by atoms with Crippen LogP contribution in [0.2, 0.25) is 5.02 Å². The van der Waals surface area contributed by atoms with Crippen molar-refractivity contribution >= 4 is 28.9 Å². The van der Waals surface area contributed by atoms with Crippen molar-refractivity contribution in [2.75, 3.05) is 29.9 Å². The lowest BCUT2D eigenvalue weighted by molar-refractivity contribution is -0.115. The van der Waals surface area contributed by atoms with E-state index in [9.17, 15) is 9.18 Å². The van der Waals surface area contributed by atoms with Crippen LogP contribution in [0.3, 0.4) is 0 Å². The minimum absolute atomic E-state index is 0.0190. The van der Waals surface area contributed by atoms with E-state index in [2.05, 4.69) is 5.32 Å². The standard InChI is InChI=1S/C16H14ClFN2O2/c17-12-9-11(5-6-13(12)18)19-16(21)10-20-7-8-22-15-4-2-1-3-14(15)20/h1-6,9H,7-8,10H2,(H,19,21). The quantitative estimate of drug-likeness (QED) is 0.943. The summed E-state index contributed by atoms with van der Waals surface area (Å²) in [5.74, 6) is 0.0625. The molecule has 0 unspecified atom stereocenters. The Bertz CT molecular complexity index is 708. The van der Waals surface area contributed by atoms with Gasteiger partial charge in [0.2, 0.25) is 5.91 Å². The Balaban J connectivity index is 1.69. The van der Waals surface area contributed by atoms with Gasteiger partial charge in [-0.15, -0.1) is 0 Å². The molecule has 1 amide bonds. The number of carbonyl (C=O) groups is 1. The highest BCUT2D eigenvalue weighted by Gasteiger charge is 2.19. The summed E-state index contributed by atoms with van der Waals surface area (Å²) in [7, 11) is 0. The molecule has 6 heteroatoms. The predicted molar refractivity (Wildman–Crippen MR) is 84.2 cm³/mol. The summed E-state index contributed by atoms with van der Waals surface area (Å²) in [5.41, 5.74) is 1.36. The molecule has 0 saturated heterocycles. The van der Waals surface area contributed by atoms with Gasteiger partial charge in [0, 0.05) is 5.69 Å². The topological polar surface area (TPSA) is 41.6 Å². The summed E-state index contributed by atoms with van der Waals surface area (Å²) >= 11 is 5.70. The second-order valence-corrected chi connectivity index (χ2v) is 5.32. The van der Waals surface area contributed by atoms with Crippen LogP contribution in [0.15, 0.2) is 42.5 Å². The first-order chi connectivity index (χ1) is 10.6. The van der Waals surface area contributed by atoms with Crippen LogP contribution in [0, 0.1) is 5.82 Å². The highest BCUT2D eigenvalue weighted by molar-refractivity contribution is 6.31. The molecule has 0 aromatic heterocycles. The molecular weight excluding hydrogens is 307 g/mol. The van der Waals surface area contributed by atoms with Gasteiger partial charge in [-0.05, 0) is 30.3 Å². The van der Waals surface area contributed by atoms with Gasteiger partial charge in [0.05, 0.1) is 23.8 Å². The molecule has 2 aromatic rings. The van der Waals surface area contributed by atoms with Crippen LogP contribution >= 0.6 is 11.6 Å². The van der Waals surface area contributed by atoms with Gasteiger partial charge in [-0.25, -0.2) is 4.39 Å². The molecule has 0 aliphatic carbocycles. The zero-order valence-electron chi connectivity index (χ0n) is 11.7. The zero-order chi connectivity index (χ0) is 15.5. The molecule has 0 saturated carbocycles. The number of ether oxygens (including phenoxy) is 1. The third kappa shape index (κ3) is 3.14. The molecule has 22 heavy (non-hydrogen) atoms. The maximum Gasteiger partial charge on any atom is 0.243 e. The van der Waals surface area contributed by atoms with Crippen molar-refractivity contribution in [2.24, 2.45) is 0 Å². The summed E-state index contributed by atoms with van der Waals surface area (Å²) in [6, 6.07) is 11.7. The van der Waals surface area contributed by atoms with Gasteiger partial charge in [0.1, 0.15) is 18.2 Å². The van der Waals surface area contributed by atoms with E-state index in [1.54, 1.807) is 0 Å². The molecule has 0 spiro atoms. The van der Waals surface area contributed by atoms with Crippen molar-refractivity contribution in [3.8, 4) is 5.75 Å². The van der Waals surface area contributed by atoms with Crippen molar-refractivity contribution in [3.63, 3.8) is 0 Å². The highest BCUT2D eigenvalue weighted by Crippen LogP contribution is 2.30. The first-order valence-electron chi connectivity index (χ1n) is 6.85. The molecular formula is C16H14ClFN2O2. The minimum Gasteiger partial charge on any atom is -0.490 e. The molecule has 0 radical (unpaired) electrons. The van der Waals surface area contributed by atoms with Crippen molar-refractivity contribution in [3.05, 3.63) is 53.3 Å². The lowest BCUT2D eigenvalue weighted by atomic mass is 10.2. The largest absolute Gasteiger partial charge is 0.490 e. The zero-order valence-corrected chi connectivity index (χ0v) is 12.4. The van der Waals surface area contributed by atoms with E-state index < -0.39 is 5.82 Å². The first kappa shape index (κ1) is 14.7. The lowest BCUT2D eigenvalue weighted by Crippen LogP contribution is -2.38. The highest BCUT2D eigenvalue weighted by atomic mass is 35.5. The monoisotopic (exact) mass is 320 g/mol.